The Balaban J connectivity index is 2.35. The van der Waals surface area contributed by atoms with Gasteiger partial charge in [-0.1, -0.05) is 36.4 Å². The quantitative estimate of drug-likeness (QED) is 0.705. The fraction of sp³-hybridized carbons (Fsp3) is 0.0769. The van der Waals surface area contributed by atoms with Gasteiger partial charge in [0, 0.05) is 5.56 Å². The predicted octanol–water partition coefficient (Wildman–Crippen LogP) is 4.43. The Kier molecular flexibility index (Phi) is 2.95. The maximum absolute atomic E-state index is 12.9. The highest BCUT2D eigenvalue weighted by atomic mass is 19.3. The van der Waals surface area contributed by atoms with Crippen LogP contribution in [0.3, 0.4) is 0 Å². The van der Waals surface area contributed by atoms with Gasteiger partial charge in [0.1, 0.15) is 5.82 Å². The van der Waals surface area contributed by atoms with E-state index < -0.39 is 6.43 Å². The number of hydrogen-bond acceptors (Lipinski definition) is 0. The molecule has 0 heterocycles. The first kappa shape index (κ1) is 10.7. The monoisotopic (exact) mass is 222 g/mol. The molecule has 0 aromatic heterocycles. The van der Waals surface area contributed by atoms with Gasteiger partial charge >= 0.3 is 0 Å². The van der Waals surface area contributed by atoms with Gasteiger partial charge in [0.2, 0.25) is 0 Å². The highest BCUT2D eigenvalue weighted by Gasteiger charge is 2.06. The van der Waals surface area contributed by atoms with Crippen molar-refractivity contribution < 1.29 is 13.2 Å². The molecular weight excluding hydrogens is 213 g/mol. The second-order valence-corrected chi connectivity index (χ2v) is 3.43. The number of halogens is 3. The van der Waals surface area contributed by atoms with Gasteiger partial charge < -0.3 is 0 Å². The van der Waals surface area contributed by atoms with E-state index in [0.29, 0.717) is 5.56 Å². The smallest absolute Gasteiger partial charge is 0.207 e. The molecule has 0 aliphatic rings. The summed E-state index contributed by atoms with van der Waals surface area (Å²) in [5.74, 6) is -0.338. The van der Waals surface area contributed by atoms with Gasteiger partial charge in [0.05, 0.1) is 0 Å². The normalized spacial score (nSPS) is 10.8. The molecule has 0 aliphatic carbocycles. The van der Waals surface area contributed by atoms with Crippen LogP contribution < -0.4 is 0 Å². The molecule has 16 heavy (non-hydrogen) atoms. The van der Waals surface area contributed by atoms with Gasteiger partial charge in [0.15, 0.2) is 0 Å². The Hall–Kier alpha value is -1.77. The van der Waals surface area contributed by atoms with Crippen LogP contribution in [-0.4, -0.2) is 0 Å². The average molecular weight is 222 g/mol. The van der Waals surface area contributed by atoms with Gasteiger partial charge in [-0.15, -0.1) is 0 Å². The Bertz CT molecular complexity index is 475. The van der Waals surface area contributed by atoms with Crippen molar-refractivity contribution >= 4 is 0 Å². The van der Waals surface area contributed by atoms with Gasteiger partial charge in [-0.3, -0.25) is 0 Å². The van der Waals surface area contributed by atoms with E-state index >= 15 is 0 Å². The van der Waals surface area contributed by atoms with Crippen molar-refractivity contribution in [3.05, 3.63) is 59.9 Å². The Morgan fingerprint density at radius 3 is 2.06 bits per heavy atom. The van der Waals surface area contributed by atoms with Crippen molar-refractivity contribution in [3.63, 3.8) is 0 Å². The van der Waals surface area contributed by atoms with Crippen LogP contribution in [0.4, 0.5) is 13.2 Å². The van der Waals surface area contributed by atoms with Crippen molar-refractivity contribution in [2.24, 2.45) is 0 Å². The summed E-state index contributed by atoms with van der Waals surface area (Å²) >= 11 is 0. The minimum absolute atomic E-state index is 0.0276. The summed E-state index contributed by atoms with van der Waals surface area (Å²) in [5.41, 5.74) is 1.38. The average Bonchev–Trinajstić information content (AvgIpc) is 2.29. The molecule has 2 aromatic carbocycles. The summed E-state index contributed by atoms with van der Waals surface area (Å²) in [5, 5.41) is 0. The van der Waals surface area contributed by atoms with Gasteiger partial charge in [0.25, 0.3) is 6.43 Å². The molecule has 2 rings (SSSR count). The molecule has 0 atom stereocenters. The van der Waals surface area contributed by atoms with E-state index in [1.165, 1.54) is 24.3 Å². The summed E-state index contributed by atoms with van der Waals surface area (Å²) < 4.78 is 37.6. The number of alkyl halides is 2. The Morgan fingerprint density at radius 2 is 1.50 bits per heavy atom. The maximum Gasteiger partial charge on any atom is 0.263 e. The molecule has 0 radical (unpaired) electrons. The van der Waals surface area contributed by atoms with E-state index in [4.69, 9.17) is 0 Å². The SMILES string of the molecule is Fc1cccc(-c2ccc(C(F)F)cc2)c1. The van der Waals surface area contributed by atoms with Crippen LogP contribution in [0.25, 0.3) is 11.1 Å². The summed E-state index contributed by atoms with van der Waals surface area (Å²) in [6, 6.07) is 11.9. The Morgan fingerprint density at radius 1 is 0.812 bits per heavy atom. The van der Waals surface area contributed by atoms with Crippen molar-refractivity contribution in [1.29, 1.82) is 0 Å². The first-order valence-corrected chi connectivity index (χ1v) is 4.81. The van der Waals surface area contributed by atoms with Crippen LogP contribution in [0.15, 0.2) is 48.5 Å². The maximum atomic E-state index is 12.9. The molecule has 0 unspecified atom stereocenters. The van der Waals surface area contributed by atoms with E-state index in [1.807, 2.05) is 0 Å². The van der Waals surface area contributed by atoms with E-state index in [1.54, 1.807) is 24.3 Å². The molecule has 2 aromatic rings. The molecule has 0 nitrogen and oxygen atoms in total. The lowest BCUT2D eigenvalue weighted by molar-refractivity contribution is 0.151. The lowest BCUT2D eigenvalue weighted by Crippen LogP contribution is -1.84. The van der Waals surface area contributed by atoms with Crippen molar-refractivity contribution in [2.45, 2.75) is 6.43 Å². The summed E-state index contributed by atoms with van der Waals surface area (Å²) in [6.45, 7) is 0. The first-order valence-electron chi connectivity index (χ1n) is 4.81. The second kappa shape index (κ2) is 4.39. The van der Waals surface area contributed by atoms with Crippen LogP contribution in [0.1, 0.15) is 12.0 Å². The summed E-state index contributed by atoms with van der Waals surface area (Å²) in [7, 11) is 0. The zero-order valence-electron chi connectivity index (χ0n) is 8.33. The van der Waals surface area contributed by atoms with E-state index in [2.05, 4.69) is 0 Å². The molecule has 0 aliphatic heterocycles. The minimum Gasteiger partial charge on any atom is -0.207 e. The number of benzene rings is 2. The van der Waals surface area contributed by atoms with E-state index in [-0.39, 0.29) is 11.4 Å². The molecule has 82 valence electrons. The van der Waals surface area contributed by atoms with Crippen LogP contribution in [0.5, 0.6) is 0 Å². The van der Waals surface area contributed by atoms with Crippen LogP contribution >= 0.6 is 0 Å². The molecular formula is C13H9F3. The zero-order chi connectivity index (χ0) is 11.5. The molecule has 0 fully saturated rings. The number of hydrogen-bond donors (Lipinski definition) is 0. The van der Waals surface area contributed by atoms with Crippen LogP contribution in [0, 0.1) is 5.82 Å². The highest BCUT2D eigenvalue weighted by molar-refractivity contribution is 5.63. The van der Waals surface area contributed by atoms with Crippen LogP contribution in [0.2, 0.25) is 0 Å². The third kappa shape index (κ3) is 2.24. The third-order valence-corrected chi connectivity index (χ3v) is 2.32. The second-order valence-electron chi connectivity index (χ2n) is 3.43. The lowest BCUT2D eigenvalue weighted by Gasteiger charge is -2.03. The summed E-state index contributed by atoms with van der Waals surface area (Å²) in [4.78, 5) is 0. The predicted molar refractivity (Wildman–Crippen MR) is 56.8 cm³/mol. The van der Waals surface area contributed by atoms with Crippen molar-refractivity contribution in [3.8, 4) is 11.1 Å². The Labute approximate surface area is 91.4 Å². The molecule has 0 saturated heterocycles. The molecule has 0 saturated carbocycles. The highest BCUT2D eigenvalue weighted by Crippen LogP contribution is 2.24. The standard InChI is InChI=1S/C13H9F3/c14-12-3-1-2-11(8-12)9-4-6-10(7-5-9)13(15)16/h1-8,13H. The number of rotatable bonds is 2. The minimum atomic E-state index is -2.47. The fourth-order valence-corrected chi connectivity index (χ4v) is 1.49. The van der Waals surface area contributed by atoms with Crippen molar-refractivity contribution in [2.75, 3.05) is 0 Å². The third-order valence-electron chi connectivity index (χ3n) is 2.32. The fourth-order valence-electron chi connectivity index (χ4n) is 1.49. The largest absolute Gasteiger partial charge is 0.263 e. The molecule has 3 heteroatoms. The molecule has 0 spiro atoms. The van der Waals surface area contributed by atoms with Gasteiger partial charge in [-0.2, -0.15) is 0 Å². The van der Waals surface area contributed by atoms with Crippen molar-refractivity contribution in [1.82, 2.24) is 0 Å². The summed E-state index contributed by atoms with van der Waals surface area (Å²) in [6.07, 6.45) is -2.47. The lowest BCUT2D eigenvalue weighted by atomic mass is 10.0. The molecule has 0 amide bonds. The first-order chi connectivity index (χ1) is 7.66. The topological polar surface area (TPSA) is 0 Å². The molecule has 0 N–H and O–H groups in total. The van der Waals surface area contributed by atoms with Gasteiger partial charge in [-0.25, -0.2) is 13.2 Å². The van der Waals surface area contributed by atoms with E-state index in [0.717, 1.165) is 5.56 Å². The molecule has 0 bridgehead atoms. The van der Waals surface area contributed by atoms with Crippen LogP contribution in [-0.2, 0) is 0 Å². The van der Waals surface area contributed by atoms with E-state index in [9.17, 15) is 13.2 Å². The van der Waals surface area contributed by atoms with Gasteiger partial charge in [-0.05, 0) is 23.3 Å². The zero-order valence-corrected chi connectivity index (χ0v) is 8.33.